The Bertz CT molecular complexity index is 756. The minimum absolute atomic E-state index is 0.0167. The fourth-order valence-corrected chi connectivity index (χ4v) is 3.73. The molecule has 0 bridgehead atoms. The summed E-state index contributed by atoms with van der Waals surface area (Å²) in [7, 11) is 4.20. The Morgan fingerprint density at radius 3 is 2.32 bits per heavy atom. The van der Waals surface area contributed by atoms with Gasteiger partial charge in [0.1, 0.15) is 6.04 Å². The second-order valence-corrected chi connectivity index (χ2v) is 8.35. The lowest BCUT2D eigenvalue weighted by molar-refractivity contribution is -0.138. The highest BCUT2D eigenvalue weighted by molar-refractivity contribution is 8.20. The molecule has 1 rings (SSSR count). The molecule has 4 N–H and O–H groups in total. The minimum atomic E-state index is -0.849. The molecule has 0 aromatic heterocycles. The number of imide groups is 1. The Morgan fingerprint density at radius 1 is 1.03 bits per heavy atom. The summed E-state index contributed by atoms with van der Waals surface area (Å²) in [6.45, 7) is 0.624. The summed E-state index contributed by atoms with van der Waals surface area (Å²) < 4.78 is 9.01. The van der Waals surface area contributed by atoms with E-state index in [1.54, 1.807) is 7.12 Å². The molecule has 0 aromatic rings. The molecule has 0 aliphatic carbocycles. The third-order valence-corrected chi connectivity index (χ3v) is 5.90. The van der Waals surface area contributed by atoms with Gasteiger partial charge in [-0.05, 0) is 19.3 Å². The molecule has 1 aliphatic heterocycles. The predicted octanol–water partition coefficient (Wildman–Crippen LogP) is -1.73. The summed E-state index contributed by atoms with van der Waals surface area (Å²) in [6.07, 6.45) is 0.230. The maximum atomic E-state index is 12.4. The minimum Gasteiger partial charge on any atom is -0.453 e. The summed E-state index contributed by atoms with van der Waals surface area (Å²) in [5, 5.41) is 9.82. The van der Waals surface area contributed by atoms with Crippen molar-refractivity contribution in [3.63, 3.8) is 0 Å². The lowest BCUT2D eigenvalue weighted by Gasteiger charge is -2.18. The molecule has 15 heteroatoms. The number of alkyl carbamates (subject to hydrolysis) is 2. The SMILES string of the molecule is BSC1CC(=O)N(CCC(=O)NCCNC(=O)C(CCCCNC(=O)OC)NC(=O)OC)C1=O. The van der Waals surface area contributed by atoms with E-state index in [-0.39, 0.29) is 55.4 Å². The Kier molecular flexibility index (Phi) is 13.5. The van der Waals surface area contributed by atoms with Gasteiger partial charge >= 0.3 is 12.2 Å². The zero-order chi connectivity index (χ0) is 25.5. The predicted molar refractivity (Wildman–Crippen MR) is 125 cm³/mol. The average molecular weight is 501 g/mol. The van der Waals surface area contributed by atoms with Crippen molar-refractivity contribution in [2.45, 2.75) is 43.4 Å². The molecule has 0 aromatic carbocycles. The van der Waals surface area contributed by atoms with Crippen LogP contribution in [0, 0.1) is 0 Å². The largest absolute Gasteiger partial charge is 0.453 e. The Hall–Kier alpha value is -2.97. The molecular weight excluding hydrogens is 469 g/mol. The van der Waals surface area contributed by atoms with E-state index in [1.807, 2.05) is 0 Å². The number of unbranched alkanes of at least 4 members (excludes halogenated alkanes) is 1. The van der Waals surface area contributed by atoms with Gasteiger partial charge in [0.15, 0.2) is 7.12 Å². The van der Waals surface area contributed by atoms with Crippen LogP contribution < -0.4 is 21.3 Å². The van der Waals surface area contributed by atoms with Gasteiger partial charge in [-0.15, -0.1) is 0 Å². The number of ether oxygens (including phenoxy) is 2. The van der Waals surface area contributed by atoms with E-state index in [1.165, 1.54) is 25.8 Å². The zero-order valence-electron chi connectivity index (χ0n) is 19.6. The summed E-state index contributed by atoms with van der Waals surface area (Å²) in [4.78, 5) is 72.0. The van der Waals surface area contributed by atoms with Crippen LogP contribution in [-0.2, 0) is 28.7 Å². The number of carbonyl (C=O) groups is 6. The standard InChI is InChI=1S/C19H32BN5O8S/c1-32-18(30)23-7-4-3-5-12(24-19(31)33-2)16(28)22-9-8-21-14(26)6-10-25-15(27)11-13(34-20)17(25)29/h12-13H,3-11,20H2,1-2H3,(H,21,26)(H,22,28)(H,23,30)(H,24,31). The first-order chi connectivity index (χ1) is 16.2. The van der Waals surface area contributed by atoms with E-state index in [0.29, 0.717) is 25.8 Å². The average Bonchev–Trinajstić information content (AvgIpc) is 3.10. The highest BCUT2D eigenvalue weighted by atomic mass is 32.2. The summed E-state index contributed by atoms with van der Waals surface area (Å²) >= 11 is 1.31. The second kappa shape index (κ2) is 15.8. The molecule has 6 amide bonds. The van der Waals surface area contributed by atoms with Crippen LogP contribution in [0.5, 0.6) is 0 Å². The Labute approximate surface area is 203 Å². The van der Waals surface area contributed by atoms with E-state index in [2.05, 4.69) is 30.7 Å². The van der Waals surface area contributed by atoms with Gasteiger partial charge in [-0.2, -0.15) is 0 Å². The third kappa shape index (κ3) is 10.3. The van der Waals surface area contributed by atoms with Gasteiger partial charge in [-0.25, -0.2) is 21.2 Å². The smallest absolute Gasteiger partial charge is 0.407 e. The number of nitrogens with zero attached hydrogens (tertiary/aromatic N) is 1. The molecule has 2 atom stereocenters. The summed E-state index contributed by atoms with van der Waals surface area (Å²) in [5.41, 5.74) is 0. The molecule has 1 aliphatic rings. The van der Waals surface area contributed by atoms with Crippen molar-refractivity contribution in [3.8, 4) is 0 Å². The summed E-state index contributed by atoms with van der Waals surface area (Å²) in [6, 6.07) is -0.849. The van der Waals surface area contributed by atoms with E-state index >= 15 is 0 Å². The molecule has 0 spiro atoms. The number of nitrogens with one attached hydrogen (secondary N) is 4. The van der Waals surface area contributed by atoms with Crippen LogP contribution in [-0.4, -0.2) is 99.5 Å². The fourth-order valence-electron chi connectivity index (χ4n) is 3.09. The molecule has 0 radical (unpaired) electrons. The molecule has 34 heavy (non-hydrogen) atoms. The molecule has 1 heterocycles. The van der Waals surface area contributed by atoms with E-state index in [0.717, 1.165) is 4.90 Å². The molecular formula is C19H32BN5O8S. The fraction of sp³-hybridized carbons (Fsp3) is 0.684. The normalized spacial score (nSPS) is 15.9. The van der Waals surface area contributed by atoms with Crippen LogP contribution >= 0.6 is 11.6 Å². The first-order valence-corrected chi connectivity index (χ1v) is 12.1. The van der Waals surface area contributed by atoms with Gasteiger partial charge in [-0.3, -0.25) is 24.1 Å². The van der Waals surface area contributed by atoms with Crippen molar-refractivity contribution in [1.29, 1.82) is 0 Å². The van der Waals surface area contributed by atoms with E-state index < -0.39 is 24.1 Å². The van der Waals surface area contributed by atoms with Crippen molar-refractivity contribution >= 4 is 54.6 Å². The van der Waals surface area contributed by atoms with E-state index in [9.17, 15) is 28.8 Å². The molecule has 190 valence electrons. The maximum Gasteiger partial charge on any atom is 0.407 e. The molecule has 1 fully saturated rings. The zero-order valence-corrected chi connectivity index (χ0v) is 20.5. The van der Waals surface area contributed by atoms with Gasteiger partial charge in [-0.1, -0.05) is 0 Å². The first kappa shape index (κ1) is 29.1. The van der Waals surface area contributed by atoms with Crippen molar-refractivity contribution in [2.24, 2.45) is 0 Å². The van der Waals surface area contributed by atoms with Crippen molar-refractivity contribution in [3.05, 3.63) is 0 Å². The van der Waals surface area contributed by atoms with Crippen LogP contribution in [0.25, 0.3) is 0 Å². The second-order valence-electron chi connectivity index (χ2n) is 7.31. The first-order valence-electron chi connectivity index (χ1n) is 10.8. The third-order valence-electron chi connectivity index (χ3n) is 4.96. The van der Waals surface area contributed by atoms with Crippen molar-refractivity contribution in [1.82, 2.24) is 26.2 Å². The number of hydrogen-bond donors (Lipinski definition) is 4. The molecule has 1 saturated heterocycles. The van der Waals surface area contributed by atoms with Crippen LogP contribution in [0.2, 0.25) is 0 Å². The van der Waals surface area contributed by atoms with Crippen molar-refractivity contribution < 1.29 is 38.2 Å². The van der Waals surface area contributed by atoms with Gasteiger partial charge < -0.3 is 30.7 Å². The lowest BCUT2D eigenvalue weighted by Crippen LogP contribution is -2.48. The Morgan fingerprint density at radius 2 is 1.71 bits per heavy atom. The van der Waals surface area contributed by atoms with E-state index in [4.69, 9.17) is 0 Å². The monoisotopic (exact) mass is 501 g/mol. The van der Waals surface area contributed by atoms with Crippen LogP contribution in [0.3, 0.4) is 0 Å². The van der Waals surface area contributed by atoms with Crippen LogP contribution in [0.4, 0.5) is 9.59 Å². The lowest BCUT2D eigenvalue weighted by atomic mass is 10.1. The quantitative estimate of drug-likeness (QED) is 0.123. The number of likely N-dealkylation sites (tertiary alicyclic amines) is 1. The molecule has 0 saturated carbocycles. The van der Waals surface area contributed by atoms with Crippen LogP contribution in [0.15, 0.2) is 0 Å². The van der Waals surface area contributed by atoms with Gasteiger partial charge in [0, 0.05) is 39.0 Å². The number of carbonyl (C=O) groups excluding carboxylic acids is 6. The topological polar surface area (TPSA) is 172 Å². The number of rotatable bonds is 14. The maximum absolute atomic E-state index is 12.4. The van der Waals surface area contributed by atoms with Crippen LogP contribution in [0.1, 0.15) is 32.1 Å². The Balaban J connectivity index is 2.33. The number of hydrogen-bond acceptors (Lipinski definition) is 9. The van der Waals surface area contributed by atoms with Crippen molar-refractivity contribution in [2.75, 3.05) is 40.4 Å². The summed E-state index contributed by atoms with van der Waals surface area (Å²) in [5.74, 6) is -1.36. The van der Waals surface area contributed by atoms with Gasteiger partial charge in [0.05, 0.1) is 19.5 Å². The van der Waals surface area contributed by atoms with Gasteiger partial charge in [0.2, 0.25) is 23.6 Å². The number of amides is 6. The molecule has 13 nitrogen and oxygen atoms in total. The highest BCUT2D eigenvalue weighted by Gasteiger charge is 2.37. The highest BCUT2D eigenvalue weighted by Crippen LogP contribution is 2.22. The molecule has 2 unspecified atom stereocenters. The number of methoxy groups -OCH3 is 2. The van der Waals surface area contributed by atoms with Gasteiger partial charge in [0.25, 0.3) is 0 Å².